The number of fused-ring (bicyclic) bond motifs is 1. The van der Waals surface area contributed by atoms with Gasteiger partial charge in [-0.1, -0.05) is 13.0 Å². The first kappa shape index (κ1) is 24.3. The maximum Gasteiger partial charge on any atom is 0.290 e. The number of amides is 2. The molecule has 1 aromatic carbocycles. The van der Waals surface area contributed by atoms with Gasteiger partial charge in [0.05, 0.1) is 11.3 Å². The molecule has 5 rings (SSSR count). The number of H-pyrrole nitrogens is 1. The average molecular weight is 495 g/mol. The zero-order valence-electron chi connectivity index (χ0n) is 20.7. The number of rotatable bonds is 5. The van der Waals surface area contributed by atoms with Crippen molar-refractivity contribution in [2.75, 3.05) is 19.6 Å². The third-order valence-corrected chi connectivity index (χ3v) is 7.93. The van der Waals surface area contributed by atoms with Gasteiger partial charge in [-0.3, -0.25) is 19.2 Å². The number of benzene rings is 1. The number of aromatic amines is 1. The predicted molar refractivity (Wildman–Crippen MR) is 130 cm³/mol. The average Bonchev–Trinajstić information content (AvgIpc) is 3.64. The van der Waals surface area contributed by atoms with E-state index >= 15 is 0 Å². The maximum absolute atomic E-state index is 14.8. The van der Waals surface area contributed by atoms with Gasteiger partial charge in [0, 0.05) is 43.1 Å². The molecule has 1 saturated heterocycles. The molecule has 2 fully saturated rings. The Hall–Kier alpha value is -3.36. The third kappa shape index (κ3) is 4.47. The van der Waals surface area contributed by atoms with Crippen molar-refractivity contribution in [2.45, 2.75) is 64.8 Å². The van der Waals surface area contributed by atoms with E-state index in [0.717, 1.165) is 60.9 Å². The van der Waals surface area contributed by atoms with Gasteiger partial charge in [0.15, 0.2) is 0 Å². The zero-order chi connectivity index (χ0) is 25.6. The summed E-state index contributed by atoms with van der Waals surface area (Å²) in [4.78, 5) is 53.7. The molecule has 1 saturated carbocycles. The molecule has 1 aliphatic heterocycles. The molecule has 2 heterocycles. The lowest BCUT2D eigenvalue weighted by atomic mass is 9.90. The summed E-state index contributed by atoms with van der Waals surface area (Å²) in [6, 6.07) is 4.14. The van der Waals surface area contributed by atoms with Crippen LogP contribution in [0.1, 0.15) is 72.3 Å². The van der Waals surface area contributed by atoms with Gasteiger partial charge in [-0.15, -0.1) is 0 Å². The third-order valence-electron chi connectivity index (χ3n) is 7.93. The van der Waals surface area contributed by atoms with Gasteiger partial charge in [0.25, 0.3) is 17.4 Å². The van der Waals surface area contributed by atoms with Crippen LogP contribution in [-0.2, 0) is 28.9 Å². The number of nitrogens with one attached hydrogen (secondary N) is 1. The largest absolute Gasteiger partial charge is 0.335 e. The van der Waals surface area contributed by atoms with Crippen molar-refractivity contribution in [3.8, 4) is 0 Å². The summed E-state index contributed by atoms with van der Waals surface area (Å²) in [5, 5.41) is 6.83. The van der Waals surface area contributed by atoms with E-state index in [-0.39, 0.29) is 42.6 Å². The SMILES string of the molecule is C[C@H]1CN(C(=O)c2cc(Cc3n[nH]c(=O)c4c3CCCC4)ccc2F)CCN1C(=O)C(=O)C1(C)CC1. The van der Waals surface area contributed by atoms with Crippen LogP contribution in [0.4, 0.5) is 4.39 Å². The lowest BCUT2D eigenvalue weighted by molar-refractivity contribution is -0.149. The molecule has 0 unspecified atom stereocenters. The van der Waals surface area contributed by atoms with Crippen LogP contribution in [0.2, 0.25) is 0 Å². The van der Waals surface area contributed by atoms with E-state index in [9.17, 15) is 23.6 Å². The highest BCUT2D eigenvalue weighted by atomic mass is 19.1. The van der Waals surface area contributed by atoms with E-state index in [1.807, 2.05) is 6.92 Å². The minimum absolute atomic E-state index is 0.0284. The molecule has 2 amide bonds. The number of carbonyl (C=O) groups excluding carboxylic acids is 3. The Morgan fingerprint density at radius 1 is 1.14 bits per heavy atom. The monoisotopic (exact) mass is 494 g/mol. The molecule has 9 heteroatoms. The number of halogens is 1. The van der Waals surface area contributed by atoms with Crippen LogP contribution in [0, 0.1) is 11.2 Å². The molecule has 190 valence electrons. The molecule has 8 nitrogen and oxygen atoms in total. The van der Waals surface area contributed by atoms with Gasteiger partial charge >= 0.3 is 0 Å². The number of aromatic nitrogens is 2. The number of Topliss-reactive ketones (excluding diaryl/α,β-unsaturated/α-hetero) is 1. The van der Waals surface area contributed by atoms with Crippen molar-refractivity contribution in [1.29, 1.82) is 0 Å². The molecule has 2 aliphatic carbocycles. The van der Waals surface area contributed by atoms with E-state index in [1.165, 1.54) is 11.0 Å². The second-order valence-corrected chi connectivity index (χ2v) is 10.6. The number of hydrogen-bond acceptors (Lipinski definition) is 5. The van der Waals surface area contributed by atoms with E-state index in [4.69, 9.17) is 0 Å². The normalized spacial score (nSPS) is 20.6. The molecular weight excluding hydrogens is 463 g/mol. The van der Waals surface area contributed by atoms with Crippen molar-refractivity contribution in [1.82, 2.24) is 20.0 Å². The van der Waals surface area contributed by atoms with Gasteiger partial charge in [0.1, 0.15) is 5.82 Å². The zero-order valence-corrected chi connectivity index (χ0v) is 20.7. The summed E-state index contributed by atoms with van der Waals surface area (Å²) >= 11 is 0. The van der Waals surface area contributed by atoms with Crippen LogP contribution in [0.5, 0.6) is 0 Å². The molecule has 1 N–H and O–H groups in total. The standard InChI is InChI=1S/C27H31FN4O4/c1-16-15-31(11-12-32(16)26(36)23(33)27(2)9-10-27)25(35)20-13-17(7-8-21(20)28)14-22-18-5-3-4-6-19(18)24(34)30-29-22/h7-8,13,16H,3-6,9-12,14-15H2,1-2H3,(H,30,34)/t16-/m0/s1. The summed E-state index contributed by atoms with van der Waals surface area (Å²) in [7, 11) is 0. The first-order valence-electron chi connectivity index (χ1n) is 12.7. The summed E-state index contributed by atoms with van der Waals surface area (Å²) in [6.45, 7) is 4.32. The fourth-order valence-electron chi connectivity index (χ4n) is 5.33. The minimum Gasteiger partial charge on any atom is -0.335 e. The number of nitrogens with zero attached hydrogens (tertiary/aromatic N) is 3. The molecule has 1 aromatic heterocycles. The topological polar surface area (TPSA) is 103 Å². The van der Waals surface area contributed by atoms with Gasteiger partial charge < -0.3 is 9.80 Å². The number of piperazine rings is 1. The van der Waals surface area contributed by atoms with Crippen LogP contribution in [0.25, 0.3) is 0 Å². The number of hydrogen-bond donors (Lipinski definition) is 1. The predicted octanol–water partition coefficient (Wildman–Crippen LogP) is 2.42. The molecule has 0 bridgehead atoms. The Morgan fingerprint density at radius 2 is 1.86 bits per heavy atom. The lowest BCUT2D eigenvalue weighted by Gasteiger charge is -2.40. The summed E-state index contributed by atoms with van der Waals surface area (Å²) in [5.74, 6) is -1.89. The Kier molecular flexibility index (Phi) is 6.26. The summed E-state index contributed by atoms with van der Waals surface area (Å²) in [5.41, 5.74) is 2.52. The first-order valence-corrected chi connectivity index (χ1v) is 12.7. The van der Waals surface area contributed by atoms with Crippen LogP contribution in [0.15, 0.2) is 23.0 Å². The fourth-order valence-corrected chi connectivity index (χ4v) is 5.33. The number of ketones is 1. The number of carbonyl (C=O) groups is 3. The van der Waals surface area contributed by atoms with Crippen molar-refractivity contribution >= 4 is 17.6 Å². The minimum atomic E-state index is -0.608. The van der Waals surface area contributed by atoms with Crippen LogP contribution in [-0.4, -0.2) is 63.3 Å². The fraction of sp³-hybridized carbons (Fsp3) is 0.519. The van der Waals surface area contributed by atoms with Gasteiger partial charge in [-0.25, -0.2) is 9.49 Å². The van der Waals surface area contributed by atoms with Crippen LogP contribution >= 0.6 is 0 Å². The lowest BCUT2D eigenvalue weighted by Crippen LogP contribution is -2.57. The van der Waals surface area contributed by atoms with E-state index in [1.54, 1.807) is 24.0 Å². The van der Waals surface area contributed by atoms with Crippen molar-refractivity contribution in [3.63, 3.8) is 0 Å². The van der Waals surface area contributed by atoms with Gasteiger partial charge in [-0.05, 0) is 68.7 Å². The quantitative estimate of drug-likeness (QED) is 0.643. The van der Waals surface area contributed by atoms with E-state index < -0.39 is 23.0 Å². The highest BCUT2D eigenvalue weighted by Crippen LogP contribution is 2.46. The molecule has 1 atom stereocenters. The Bertz CT molecular complexity index is 1300. The molecular formula is C27H31FN4O4. The van der Waals surface area contributed by atoms with Crippen LogP contribution in [0.3, 0.4) is 0 Å². The second-order valence-electron chi connectivity index (χ2n) is 10.6. The molecule has 36 heavy (non-hydrogen) atoms. The molecule has 2 aromatic rings. The Balaban J connectivity index is 1.31. The second kappa shape index (κ2) is 9.26. The Morgan fingerprint density at radius 3 is 2.56 bits per heavy atom. The maximum atomic E-state index is 14.8. The van der Waals surface area contributed by atoms with Crippen molar-refractivity contribution in [2.24, 2.45) is 5.41 Å². The molecule has 0 spiro atoms. The van der Waals surface area contributed by atoms with Crippen molar-refractivity contribution in [3.05, 3.63) is 62.3 Å². The summed E-state index contributed by atoms with van der Waals surface area (Å²) < 4.78 is 14.8. The van der Waals surface area contributed by atoms with Crippen molar-refractivity contribution < 1.29 is 18.8 Å². The van der Waals surface area contributed by atoms with Gasteiger partial charge in [-0.2, -0.15) is 5.10 Å². The van der Waals surface area contributed by atoms with Crippen LogP contribution < -0.4 is 5.56 Å². The van der Waals surface area contributed by atoms with Gasteiger partial charge in [0.2, 0.25) is 5.78 Å². The van der Waals surface area contributed by atoms with E-state index in [2.05, 4.69) is 10.2 Å². The molecule has 0 radical (unpaired) electrons. The molecule has 3 aliphatic rings. The van der Waals surface area contributed by atoms with E-state index in [0.29, 0.717) is 6.42 Å². The first-order chi connectivity index (χ1) is 17.2. The highest BCUT2D eigenvalue weighted by molar-refractivity contribution is 6.38. The summed E-state index contributed by atoms with van der Waals surface area (Å²) in [6.07, 6.45) is 5.34. The highest BCUT2D eigenvalue weighted by Gasteiger charge is 2.49. The Labute approximate surface area is 208 Å². The smallest absolute Gasteiger partial charge is 0.290 e.